The van der Waals surface area contributed by atoms with Crippen LogP contribution in [0.15, 0.2) is 24.3 Å². The fourth-order valence-electron chi connectivity index (χ4n) is 4.20. The van der Waals surface area contributed by atoms with Crippen LogP contribution in [0.3, 0.4) is 0 Å². The van der Waals surface area contributed by atoms with E-state index in [-0.39, 0.29) is 36.9 Å². The molecule has 2 saturated heterocycles. The van der Waals surface area contributed by atoms with Gasteiger partial charge < -0.3 is 14.4 Å². The lowest BCUT2D eigenvalue weighted by atomic mass is 9.99. The van der Waals surface area contributed by atoms with E-state index in [9.17, 15) is 17.6 Å². The first-order chi connectivity index (χ1) is 13.9. The highest BCUT2D eigenvalue weighted by Crippen LogP contribution is 2.26. The molecule has 2 heterocycles. The van der Waals surface area contributed by atoms with Crippen molar-refractivity contribution in [2.45, 2.75) is 43.5 Å². The van der Waals surface area contributed by atoms with Crippen LogP contribution >= 0.6 is 0 Å². The first kappa shape index (κ1) is 22.1. The van der Waals surface area contributed by atoms with Gasteiger partial charge in [-0.1, -0.05) is 12.1 Å². The molecular weight excluding hydrogens is 399 g/mol. The van der Waals surface area contributed by atoms with Gasteiger partial charge in [0.15, 0.2) is 0 Å². The van der Waals surface area contributed by atoms with Crippen molar-refractivity contribution in [1.29, 1.82) is 0 Å². The predicted octanol–water partition coefficient (Wildman–Crippen LogP) is 1.77. The van der Waals surface area contributed by atoms with Gasteiger partial charge in [-0.05, 0) is 43.4 Å². The Balaban J connectivity index is 1.75. The van der Waals surface area contributed by atoms with Crippen molar-refractivity contribution in [3.05, 3.63) is 35.6 Å². The number of hydrogen-bond acceptors (Lipinski definition) is 5. The highest BCUT2D eigenvalue weighted by Gasteiger charge is 2.37. The van der Waals surface area contributed by atoms with Crippen LogP contribution in [0.25, 0.3) is 0 Å². The summed E-state index contributed by atoms with van der Waals surface area (Å²) in [6, 6.07) is 5.49. The number of hydrogen-bond donors (Lipinski definition) is 0. The lowest BCUT2D eigenvalue weighted by Gasteiger charge is -2.43. The van der Waals surface area contributed by atoms with Crippen LogP contribution in [0.1, 0.15) is 31.2 Å². The number of piperidine rings is 1. The zero-order chi connectivity index (χ0) is 20.9. The van der Waals surface area contributed by atoms with Crippen LogP contribution in [-0.4, -0.2) is 75.6 Å². The molecule has 2 aliphatic heterocycles. The quantitative estimate of drug-likeness (QED) is 0.662. The van der Waals surface area contributed by atoms with Crippen LogP contribution < -0.4 is 0 Å². The zero-order valence-electron chi connectivity index (χ0n) is 16.8. The fourth-order valence-corrected chi connectivity index (χ4v) is 5.79. The van der Waals surface area contributed by atoms with Crippen molar-refractivity contribution in [2.24, 2.45) is 0 Å². The Hall–Kier alpha value is -1.55. The maximum absolute atomic E-state index is 13.4. The van der Waals surface area contributed by atoms with Gasteiger partial charge in [-0.3, -0.25) is 4.79 Å². The third kappa shape index (κ3) is 5.75. The van der Waals surface area contributed by atoms with Crippen LogP contribution in [0.4, 0.5) is 4.39 Å². The van der Waals surface area contributed by atoms with Gasteiger partial charge in [-0.2, -0.15) is 4.31 Å². The Morgan fingerprint density at radius 2 is 2.03 bits per heavy atom. The van der Waals surface area contributed by atoms with Crippen LogP contribution in [0.5, 0.6) is 0 Å². The number of benzene rings is 1. The van der Waals surface area contributed by atoms with E-state index in [1.807, 2.05) is 4.90 Å². The summed E-state index contributed by atoms with van der Waals surface area (Å²) in [4.78, 5) is 14.6. The minimum Gasteiger partial charge on any atom is -0.381 e. The Morgan fingerprint density at radius 1 is 1.28 bits per heavy atom. The van der Waals surface area contributed by atoms with E-state index >= 15 is 0 Å². The molecule has 0 aliphatic carbocycles. The number of nitrogens with zero attached hydrogens (tertiary/aromatic N) is 2. The number of carbonyl (C=O) groups excluding carboxylic acids is 1. The number of ether oxygens (including phenoxy) is 2. The number of rotatable bonds is 7. The molecule has 9 heteroatoms. The molecule has 162 valence electrons. The summed E-state index contributed by atoms with van der Waals surface area (Å²) in [5.74, 6) is -0.820. The minimum atomic E-state index is -3.62. The van der Waals surface area contributed by atoms with Gasteiger partial charge in [0.1, 0.15) is 12.4 Å². The molecule has 1 aromatic rings. The second-order valence-electron chi connectivity index (χ2n) is 7.62. The molecule has 0 bridgehead atoms. The van der Waals surface area contributed by atoms with Crippen molar-refractivity contribution < 1.29 is 27.1 Å². The normalized spacial score (nSPS) is 21.8. The lowest BCUT2D eigenvalue weighted by molar-refractivity contribution is -0.143. The van der Waals surface area contributed by atoms with Gasteiger partial charge >= 0.3 is 0 Å². The maximum Gasteiger partial charge on any atom is 0.249 e. The Bertz CT molecular complexity index is 798. The standard InChI is InChI=1S/C20H29FN2O5S/c1-27-14-20(24)23(18-7-10-28-11-8-18)19-6-3-9-22(13-19)29(25,26)15-16-4-2-5-17(21)12-16/h2,4-5,12,18-19H,3,6-11,13-15H2,1H3. The molecule has 0 radical (unpaired) electrons. The fraction of sp³-hybridized carbons (Fsp3) is 0.650. The van der Waals surface area contributed by atoms with Gasteiger partial charge in [0.05, 0.1) is 5.75 Å². The van der Waals surface area contributed by atoms with E-state index < -0.39 is 15.8 Å². The number of halogens is 1. The molecule has 1 unspecified atom stereocenters. The van der Waals surface area contributed by atoms with Crippen molar-refractivity contribution >= 4 is 15.9 Å². The minimum absolute atomic E-state index is 0.0239. The molecule has 1 aromatic carbocycles. The third-order valence-electron chi connectivity index (χ3n) is 5.52. The second-order valence-corrected chi connectivity index (χ2v) is 9.59. The number of amides is 1. The smallest absolute Gasteiger partial charge is 0.249 e. The molecule has 2 aliphatic rings. The molecule has 29 heavy (non-hydrogen) atoms. The average Bonchev–Trinajstić information content (AvgIpc) is 2.69. The topological polar surface area (TPSA) is 76.2 Å². The van der Waals surface area contributed by atoms with Crippen molar-refractivity contribution in [2.75, 3.05) is 40.0 Å². The molecule has 1 amide bonds. The summed E-state index contributed by atoms with van der Waals surface area (Å²) in [5, 5.41) is 0. The second kappa shape index (κ2) is 9.97. The first-order valence-electron chi connectivity index (χ1n) is 10.0. The summed E-state index contributed by atoms with van der Waals surface area (Å²) in [6.45, 7) is 1.83. The highest BCUT2D eigenvalue weighted by atomic mass is 32.2. The van der Waals surface area contributed by atoms with Crippen LogP contribution in [0.2, 0.25) is 0 Å². The molecule has 7 nitrogen and oxygen atoms in total. The van der Waals surface area contributed by atoms with Crippen molar-refractivity contribution in [1.82, 2.24) is 9.21 Å². The van der Waals surface area contributed by atoms with Crippen molar-refractivity contribution in [3.63, 3.8) is 0 Å². The largest absolute Gasteiger partial charge is 0.381 e. The third-order valence-corrected chi connectivity index (χ3v) is 7.34. The van der Waals surface area contributed by atoms with E-state index in [1.54, 1.807) is 6.07 Å². The first-order valence-corrected chi connectivity index (χ1v) is 11.6. The monoisotopic (exact) mass is 428 g/mol. The summed E-state index contributed by atoms with van der Waals surface area (Å²) in [7, 11) is -2.13. The number of methoxy groups -OCH3 is 1. The average molecular weight is 429 g/mol. The van der Waals surface area contributed by atoms with Crippen molar-refractivity contribution in [3.8, 4) is 0 Å². The van der Waals surface area contributed by atoms with Gasteiger partial charge in [-0.25, -0.2) is 12.8 Å². The molecule has 0 spiro atoms. The lowest BCUT2D eigenvalue weighted by Crippen LogP contribution is -2.56. The zero-order valence-corrected chi connectivity index (χ0v) is 17.6. The van der Waals surface area contributed by atoms with E-state index in [2.05, 4.69) is 0 Å². The summed E-state index contributed by atoms with van der Waals surface area (Å²) in [6.07, 6.45) is 2.90. The summed E-state index contributed by atoms with van der Waals surface area (Å²) < 4.78 is 51.3. The van der Waals surface area contributed by atoms with E-state index in [0.29, 0.717) is 31.7 Å². The Morgan fingerprint density at radius 3 is 2.72 bits per heavy atom. The highest BCUT2D eigenvalue weighted by molar-refractivity contribution is 7.88. The molecule has 0 aromatic heterocycles. The van der Waals surface area contributed by atoms with E-state index in [1.165, 1.54) is 29.6 Å². The Kier molecular flexibility index (Phi) is 7.61. The molecule has 3 rings (SSSR count). The summed E-state index contributed by atoms with van der Waals surface area (Å²) >= 11 is 0. The summed E-state index contributed by atoms with van der Waals surface area (Å²) in [5.41, 5.74) is 0.420. The molecule has 0 saturated carbocycles. The Labute approximate surface area is 171 Å². The molecular formula is C20H29FN2O5S. The number of carbonyl (C=O) groups is 1. The SMILES string of the molecule is COCC(=O)N(C1CCOCC1)C1CCCN(S(=O)(=O)Cc2cccc(F)c2)C1. The van der Waals surface area contributed by atoms with Gasteiger partial charge in [0, 0.05) is 45.5 Å². The van der Waals surface area contributed by atoms with Gasteiger partial charge in [-0.15, -0.1) is 0 Å². The van der Waals surface area contributed by atoms with Gasteiger partial charge in [0.25, 0.3) is 0 Å². The molecule has 0 N–H and O–H groups in total. The van der Waals surface area contributed by atoms with Gasteiger partial charge in [0.2, 0.25) is 15.9 Å². The molecule has 1 atom stereocenters. The maximum atomic E-state index is 13.4. The van der Waals surface area contributed by atoms with Crippen LogP contribution in [-0.2, 0) is 30.0 Å². The van der Waals surface area contributed by atoms with E-state index in [4.69, 9.17) is 9.47 Å². The number of sulfonamides is 1. The predicted molar refractivity (Wildman–Crippen MR) is 106 cm³/mol. The van der Waals surface area contributed by atoms with E-state index in [0.717, 1.165) is 19.3 Å². The van der Waals surface area contributed by atoms with Crippen LogP contribution in [0, 0.1) is 5.82 Å². The molecule has 2 fully saturated rings.